The Bertz CT molecular complexity index is 513. The molecule has 3 heteroatoms. The average Bonchev–Trinajstić information content (AvgIpc) is 3.07. The van der Waals surface area contributed by atoms with Crippen molar-refractivity contribution in [1.82, 2.24) is 0 Å². The molecule has 0 spiro atoms. The number of halogens is 1. The fourth-order valence-electron chi connectivity index (χ4n) is 1.99. The van der Waals surface area contributed by atoms with E-state index < -0.39 is 0 Å². The maximum Gasteiger partial charge on any atom is 0.0418 e. The van der Waals surface area contributed by atoms with Gasteiger partial charge in [0.2, 0.25) is 0 Å². The Hall–Kier alpha value is -0.640. The van der Waals surface area contributed by atoms with Crippen LogP contribution in [0, 0.1) is 5.92 Å². The van der Waals surface area contributed by atoms with Crippen LogP contribution in [-0.2, 0) is 0 Å². The topological polar surface area (TPSA) is 26.0 Å². The highest BCUT2D eigenvalue weighted by molar-refractivity contribution is 9.10. The molecule has 1 atom stereocenters. The molecular weight excluding hydrogens is 294 g/mol. The van der Waals surface area contributed by atoms with Crippen molar-refractivity contribution in [1.29, 1.82) is 0 Å². The van der Waals surface area contributed by atoms with Gasteiger partial charge in [0.15, 0.2) is 0 Å². The van der Waals surface area contributed by atoms with E-state index in [0.717, 1.165) is 10.4 Å². The molecule has 1 aliphatic carbocycles. The zero-order chi connectivity index (χ0) is 11.8. The highest BCUT2D eigenvalue weighted by Gasteiger charge is 2.30. The van der Waals surface area contributed by atoms with Gasteiger partial charge in [-0.3, -0.25) is 0 Å². The van der Waals surface area contributed by atoms with Gasteiger partial charge < -0.3 is 5.73 Å². The number of thiophene rings is 1. The third kappa shape index (κ3) is 2.46. The molecule has 3 rings (SSSR count). The minimum absolute atomic E-state index is 0.254. The van der Waals surface area contributed by atoms with Gasteiger partial charge in [0.1, 0.15) is 0 Å². The predicted molar refractivity (Wildman–Crippen MR) is 77.1 cm³/mol. The number of hydrogen-bond acceptors (Lipinski definition) is 2. The second-order valence-corrected chi connectivity index (χ2v) is 6.60. The third-order valence-corrected chi connectivity index (χ3v) is 4.98. The molecule has 1 unspecified atom stereocenters. The molecule has 0 radical (unpaired) electrons. The summed E-state index contributed by atoms with van der Waals surface area (Å²) < 4.78 is 1.12. The normalized spacial score (nSPS) is 17.1. The van der Waals surface area contributed by atoms with Gasteiger partial charge in [-0.15, -0.1) is 11.3 Å². The Morgan fingerprint density at radius 1 is 1.12 bits per heavy atom. The smallest absolute Gasteiger partial charge is 0.0418 e. The zero-order valence-electron chi connectivity index (χ0n) is 9.40. The third-order valence-electron chi connectivity index (χ3n) is 3.21. The van der Waals surface area contributed by atoms with Crippen LogP contribution in [0.5, 0.6) is 0 Å². The minimum Gasteiger partial charge on any atom is -0.323 e. The van der Waals surface area contributed by atoms with Crippen molar-refractivity contribution < 1.29 is 0 Å². The van der Waals surface area contributed by atoms with E-state index in [1.165, 1.54) is 28.2 Å². The van der Waals surface area contributed by atoms with E-state index in [0.29, 0.717) is 0 Å². The van der Waals surface area contributed by atoms with Gasteiger partial charge in [0.25, 0.3) is 0 Å². The summed E-state index contributed by atoms with van der Waals surface area (Å²) in [5, 5.41) is 0. The van der Waals surface area contributed by atoms with Crippen LogP contribution in [0.1, 0.15) is 23.8 Å². The first-order valence-electron chi connectivity index (χ1n) is 5.85. The fourth-order valence-corrected chi connectivity index (χ4v) is 3.36. The molecule has 1 aliphatic rings. The SMILES string of the molecule is NC(c1ccc(-c2ccc(Br)cc2)s1)C1CC1. The van der Waals surface area contributed by atoms with Crippen LogP contribution in [0.4, 0.5) is 0 Å². The molecule has 1 fully saturated rings. The van der Waals surface area contributed by atoms with E-state index in [9.17, 15) is 0 Å². The van der Waals surface area contributed by atoms with Gasteiger partial charge in [-0.05, 0) is 48.6 Å². The van der Waals surface area contributed by atoms with E-state index in [2.05, 4.69) is 52.3 Å². The van der Waals surface area contributed by atoms with Gasteiger partial charge in [0.05, 0.1) is 0 Å². The molecule has 2 N–H and O–H groups in total. The molecule has 0 aliphatic heterocycles. The van der Waals surface area contributed by atoms with Gasteiger partial charge >= 0.3 is 0 Å². The lowest BCUT2D eigenvalue weighted by atomic mass is 10.1. The largest absolute Gasteiger partial charge is 0.323 e. The molecule has 0 bridgehead atoms. The Morgan fingerprint density at radius 3 is 2.47 bits per heavy atom. The molecule has 0 amide bonds. The van der Waals surface area contributed by atoms with Crippen LogP contribution in [0.25, 0.3) is 10.4 Å². The zero-order valence-corrected chi connectivity index (χ0v) is 11.8. The van der Waals surface area contributed by atoms with E-state index in [1.807, 2.05) is 11.3 Å². The molecular formula is C14H14BrNS. The van der Waals surface area contributed by atoms with Crippen molar-refractivity contribution in [2.45, 2.75) is 18.9 Å². The fraction of sp³-hybridized carbons (Fsp3) is 0.286. The first kappa shape index (κ1) is 11.5. The molecule has 1 heterocycles. The molecule has 1 aromatic heterocycles. The van der Waals surface area contributed by atoms with E-state index in [1.54, 1.807) is 0 Å². The van der Waals surface area contributed by atoms with Gasteiger partial charge in [-0.25, -0.2) is 0 Å². The lowest BCUT2D eigenvalue weighted by molar-refractivity contribution is 0.645. The molecule has 1 saturated carbocycles. The summed E-state index contributed by atoms with van der Waals surface area (Å²) >= 11 is 5.29. The average molecular weight is 308 g/mol. The highest BCUT2D eigenvalue weighted by Crippen LogP contribution is 2.42. The second kappa shape index (κ2) is 4.56. The molecule has 1 nitrogen and oxygen atoms in total. The van der Waals surface area contributed by atoms with Crippen molar-refractivity contribution in [2.75, 3.05) is 0 Å². The number of nitrogens with two attached hydrogens (primary N) is 1. The molecule has 0 saturated heterocycles. The standard InChI is InChI=1S/C14H14BrNS/c15-11-5-3-9(4-6-11)12-7-8-13(17-12)14(16)10-1-2-10/h3-8,10,14H,1-2,16H2. The Morgan fingerprint density at radius 2 is 1.82 bits per heavy atom. The molecule has 2 aromatic rings. The van der Waals surface area contributed by atoms with E-state index in [4.69, 9.17) is 5.73 Å². The lowest BCUT2D eigenvalue weighted by Gasteiger charge is -2.06. The maximum atomic E-state index is 6.22. The summed E-state index contributed by atoms with van der Waals surface area (Å²) in [4.78, 5) is 2.63. The van der Waals surface area contributed by atoms with Crippen molar-refractivity contribution in [3.8, 4) is 10.4 Å². The van der Waals surface area contributed by atoms with Crippen LogP contribution in [-0.4, -0.2) is 0 Å². The Kier molecular flexibility index (Phi) is 3.07. The summed E-state index contributed by atoms with van der Waals surface area (Å²) in [5.74, 6) is 0.728. The summed E-state index contributed by atoms with van der Waals surface area (Å²) in [7, 11) is 0. The molecule has 17 heavy (non-hydrogen) atoms. The first-order valence-corrected chi connectivity index (χ1v) is 7.46. The lowest BCUT2D eigenvalue weighted by Crippen LogP contribution is -2.10. The quantitative estimate of drug-likeness (QED) is 0.882. The van der Waals surface area contributed by atoms with Crippen LogP contribution in [0.3, 0.4) is 0 Å². The van der Waals surface area contributed by atoms with Gasteiger partial charge in [-0.2, -0.15) is 0 Å². The monoisotopic (exact) mass is 307 g/mol. The summed E-state index contributed by atoms with van der Waals surface area (Å²) in [6.45, 7) is 0. The predicted octanol–water partition coefficient (Wildman–Crippen LogP) is 4.59. The van der Waals surface area contributed by atoms with E-state index in [-0.39, 0.29) is 6.04 Å². The van der Waals surface area contributed by atoms with Crippen LogP contribution >= 0.6 is 27.3 Å². The number of rotatable bonds is 3. The van der Waals surface area contributed by atoms with E-state index >= 15 is 0 Å². The van der Waals surface area contributed by atoms with Gasteiger partial charge in [-0.1, -0.05) is 28.1 Å². The highest BCUT2D eigenvalue weighted by atomic mass is 79.9. The summed E-state index contributed by atoms with van der Waals surface area (Å²) in [5.41, 5.74) is 7.49. The van der Waals surface area contributed by atoms with Crippen LogP contribution in [0.2, 0.25) is 0 Å². The van der Waals surface area contributed by atoms with Crippen molar-refractivity contribution >= 4 is 27.3 Å². The van der Waals surface area contributed by atoms with Crippen molar-refractivity contribution in [3.05, 3.63) is 45.7 Å². The number of hydrogen-bond donors (Lipinski definition) is 1. The Labute approximate surface area is 114 Å². The summed E-state index contributed by atoms with van der Waals surface area (Å²) in [6.07, 6.45) is 2.60. The molecule has 1 aromatic carbocycles. The van der Waals surface area contributed by atoms with Gasteiger partial charge in [0, 0.05) is 20.3 Å². The first-order chi connectivity index (χ1) is 8.24. The van der Waals surface area contributed by atoms with Crippen LogP contribution < -0.4 is 5.73 Å². The summed E-state index contributed by atoms with van der Waals surface area (Å²) in [6, 6.07) is 13.1. The van der Waals surface area contributed by atoms with Crippen LogP contribution in [0.15, 0.2) is 40.9 Å². The molecule has 88 valence electrons. The number of benzene rings is 1. The minimum atomic E-state index is 0.254. The second-order valence-electron chi connectivity index (χ2n) is 4.57. The van der Waals surface area contributed by atoms with Crippen molar-refractivity contribution in [2.24, 2.45) is 11.7 Å². The Balaban J connectivity index is 1.86. The maximum absolute atomic E-state index is 6.22. The van der Waals surface area contributed by atoms with Crippen molar-refractivity contribution in [3.63, 3.8) is 0 Å².